The zero-order valence-corrected chi connectivity index (χ0v) is 11.3. The molecule has 1 aromatic carbocycles. The number of rotatable bonds is 4. The molecule has 0 radical (unpaired) electrons. The van der Waals surface area contributed by atoms with Crippen molar-refractivity contribution in [1.82, 2.24) is 10.3 Å². The average molecular weight is 273 g/mol. The number of nitrogens with one attached hydrogen (secondary N) is 1. The van der Waals surface area contributed by atoms with Crippen LogP contribution in [0.1, 0.15) is 10.4 Å². The molecule has 0 aliphatic rings. The zero-order valence-electron chi connectivity index (χ0n) is 11.3. The van der Waals surface area contributed by atoms with Crippen molar-refractivity contribution >= 4 is 28.6 Å². The van der Waals surface area contributed by atoms with Crippen LogP contribution in [-0.4, -0.2) is 42.6 Å². The van der Waals surface area contributed by atoms with Crippen LogP contribution >= 0.6 is 0 Å². The molecule has 0 atom stereocenters. The second kappa shape index (κ2) is 5.56. The van der Waals surface area contributed by atoms with Crippen molar-refractivity contribution in [2.24, 2.45) is 0 Å². The number of amides is 1. The van der Waals surface area contributed by atoms with Crippen molar-refractivity contribution in [2.45, 2.75) is 0 Å². The van der Waals surface area contributed by atoms with Gasteiger partial charge in [0.15, 0.2) is 0 Å². The summed E-state index contributed by atoms with van der Waals surface area (Å²) < 4.78 is 0. The van der Waals surface area contributed by atoms with Crippen LogP contribution in [-0.2, 0) is 4.79 Å². The zero-order chi connectivity index (χ0) is 14.7. The maximum Gasteiger partial charge on any atom is 0.336 e. The Morgan fingerprint density at radius 2 is 2.05 bits per heavy atom. The summed E-state index contributed by atoms with van der Waals surface area (Å²) in [5.41, 5.74) is 0.807. The van der Waals surface area contributed by atoms with E-state index in [2.05, 4.69) is 10.3 Å². The Labute approximate surface area is 116 Å². The summed E-state index contributed by atoms with van der Waals surface area (Å²) in [6, 6.07) is 8.36. The first-order valence-corrected chi connectivity index (χ1v) is 6.07. The van der Waals surface area contributed by atoms with Gasteiger partial charge in [0, 0.05) is 19.5 Å². The highest BCUT2D eigenvalue weighted by molar-refractivity contribution is 6.02. The first-order valence-electron chi connectivity index (χ1n) is 6.07. The van der Waals surface area contributed by atoms with Crippen LogP contribution in [0.5, 0.6) is 0 Å². The molecule has 0 aliphatic heterocycles. The van der Waals surface area contributed by atoms with Crippen LogP contribution in [0.25, 0.3) is 10.9 Å². The Kier molecular flexibility index (Phi) is 3.84. The molecule has 0 spiro atoms. The summed E-state index contributed by atoms with van der Waals surface area (Å²) in [5.74, 6) is -0.485. The number of carboxylic acid groups (broad SMARTS) is 1. The molecule has 104 valence electrons. The number of hydrogen-bond acceptors (Lipinski definition) is 4. The second-order valence-corrected chi connectivity index (χ2v) is 4.38. The summed E-state index contributed by atoms with van der Waals surface area (Å²) in [4.78, 5) is 28.6. The maximum atomic E-state index is 11.3. The number of carbonyl (C=O) groups excluding carboxylic acids is 1. The molecule has 0 aliphatic carbocycles. The summed E-state index contributed by atoms with van der Waals surface area (Å²) >= 11 is 0. The normalized spacial score (nSPS) is 10.3. The van der Waals surface area contributed by atoms with Crippen molar-refractivity contribution < 1.29 is 14.7 Å². The molecule has 0 bridgehead atoms. The molecule has 20 heavy (non-hydrogen) atoms. The van der Waals surface area contributed by atoms with Gasteiger partial charge in [-0.25, -0.2) is 9.78 Å². The van der Waals surface area contributed by atoms with Crippen LogP contribution < -0.4 is 10.2 Å². The lowest BCUT2D eigenvalue weighted by molar-refractivity contribution is -0.119. The minimum atomic E-state index is -0.983. The number of likely N-dealkylation sites (N-methyl/N-ethyl adjacent to an activating group) is 2. The molecule has 6 heteroatoms. The van der Waals surface area contributed by atoms with E-state index in [0.717, 1.165) is 0 Å². The molecular formula is C14H15N3O3. The van der Waals surface area contributed by atoms with E-state index in [0.29, 0.717) is 16.7 Å². The maximum absolute atomic E-state index is 11.3. The number of fused-ring (bicyclic) bond motifs is 1. The molecular weight excluding hydrogens is 258 g/mol. The van der Waals surface area contributed by atoms with Crippen LogP contribution in [0.2, 0.25) is 0 Å². The van der Waals surface area contributed by atoms with Crippen LogP contribution in [0.15, 0.2) is 30.3 Å². The number of pyridine rings is 1. The molecule has 1 amide bonds. The van der Waals surface area contributed by atoms with Crippen molar-refractivity contribution in [1.29, 1.82) is 0 Å². The number of aromatic nitrogens is 1. The van der Waals surface area contributed by atoms with Gasteiger partial charge in [-0.05, 0) is 24.3 Å². The van der Waals surface area contributed by atoms with Gasteiger partial charge < -0.3 is 15.3 Å². The fourth-order valence-corrected chi connectivity index (χ4v) is 1.92. The third-order valence-electron chi connectivity index (χ3n) is 3.00. The fraction of sp³-hybridized carbons (Fsp3) is 0.214. The number of carboxylic acids is 1. The minimum absolute atomic E-state index is 0.117. The number of carbonyl (C=O) groups is 2. The average Bonchev–Trinajstić information content (AvgIpc) is 2.45. The highest BCUT2D eigenvalue weighted by Gasteiger charge is 2.11. The van der Waals surface area contributed by atoms with E-state index in [1.165, 1.54) is 0 Å². The number of anilines is 1. The van der Waals surface area contributed by atoms with E-state index in [-0.39, 0.29) is 18.0 Å². The minimum Gasteiger partial charge on any atom is -0.478 e. The molecule has 0 saturated heterocycles. The summed E-state index contributed by atoms with van der Waals surface area (Å²) in [6.07, 6.45) is 0. The third kappa shape index (κ3) is 2.69. The van der Waals surface area contributed by atoms with Gasteiger partial charge in [-0.1, -0.05) is 6.07 Å². The van der Waals surface area contributed by atoms with Crippen molar-refractivity contribution in [2.75, 3.05) is 25.5 Å². The Hall–Kier alpha value is -2.63. The van der Waals surface area contributed by atoms with Crippen molar-refractivity contribution in [3.63, 3.8) is 0 Å². The second-order valence-electron chi connectivity index (χ2n) is 4.38. The van der Waals surface area contributed by atoms with Crippen LogP contribution in [0, 0.1) is 0 Å². The van der Waals surface area contributed by atoms with Gasteiger partial charge in [-0.15, -0.1) is 0 Å². The highest BCUT2D eigenvalue weighted by Crippen LogP contribution is 2.20. The van der Waals surface area contributed by atoms with E-state index in [1.54, 1.807) is 49.3 Å². The lowest BCUT2D eigenvalue weighted by Crippen LogP contribution is -2.33. The molecule has 6 nitrogen and oxygen atoms in total. The third-order valence-corrected chi connectivity index (χ3v) is 3.00. The van der Waals surface area contributed by atoms with Crippen molar-refractivity contribution in [3.8, 4) is 0 Å². The topological polar surface area (TPSA) is 82.5 Å². The van der Waals surface area contributed by atoms with Gasteiger partial charge in [-0.2, -0.15) is 0 Å². The number of benzene rings is 1. The standard InChI is InChI=1S/C14H15N3O3/c1-15-13(18)8-17(2)12-7-6-9-10(14(19)20)4-3-5-11(9)16-12/h3-7H,8H2,1-2H3,(H,15,18)(H,19,20). The lowest BCUT2D eigenvalue weighted by Gasteiger charge is -2.17. The van der Waals surface area contributed by atoms with Gasteiger partial charge in [-0.3, -0.25) is 4.79 Å². The Bertz CT molecular complexity index is 670. The van der Waals surface area contributed by atoms with Crippen LogP contribution in [0.3, 0.4) is 0 Å². The van der Waals surface area contributed by atoms with E-state index in [1.807, 2.05) is 0 Å². The quantitative estimate of drug-likeness (QED) is 0.872. The number of nitrogens with zero attached hydrogens (tertiary/aromatic N) is 2. The Morgan fingerprint density at radius 3 is 2.70 bits per heavy atom. The molecule has 2 rings (SSSR count). The monoisotopic (exact) mass is 273 g/mol. The molecule has 2 N–H and O–H groups in total. The molecule has 2 aromatic rings. The van der Waals surface area contributed by atoms with Crippen molar-refractivity contribution in [3.05, 3.63) is 35.9 Å². The van der Waals surface area contributed by atoms with E-state index >= 15 is 0 Å². The molecule has 0 saturated carbocycles. The number of hydrogen-bond donors (Lipinski definition) is 2. The predicted molar refractivity (Wildman–Crippen MR) is 76.0 cm³/mol. The summed E-state index contributed by atoms with van der Waals surface area (Å²) in [6.45, 7) is 0.188. The first-order chi connectivity index (χ1) is 9.52. The van der Waals surface area contributed by atoms with Gasteiger partial charge in [0.25, 0.3) is 0 Å². The first kappa shape index (κ1) is 13.8. The summed E-state index contributed by atoms with van der Waals surface area (Å²) in [7, 11) is 3.33. The molecule has 1 heterocycles. The lowest BCUT2D eigenvalue weighted by atomic mass is 10.1. The fourth-order valence-electron chi connectivity index (χ4n) is 1.92. The number of aromatic carboxylic acids is 1. The predicted octanol–water partition coefficient (Wildman–Crippen LogP) is 1.12. The Balaban J connectivity index is 2.39. The largest absolute Gasteiger partial charge is 0.478 e. The summed E-state index contributed by atoms with van der Waals surface area (Å²) in [5, 5.41) is 12.2. The van der Waals surface area contributed by atoms with Gasteiger partial charge in [0.05, 0.1) is 17.6 Å². The van der Waals surface area contributed by atoms with Gasteiger partial charge in [0.2, 0.25) is 5.91 Å². The molecule has 1 aromatic heterocycles. The van der Waals surface area contributed by atoms with E-state index in [4.69, 9.17) is 5.11 Å². The highest BCUT2D eigenvalue weighted by atomic mass is 16.4. The van der Waals surface area contributed by atoms with Gasteiger partial charge in [0.1, 0.15) is 5.82 Å². The molecule has 0 fully saturated rings. The molecule has 0 unspecified atom stereocenters. The Morgan fingerprint density at radius 1 is 1.30 bits per heavy atom. The smallest absolute Gasteiger partial charge is 0.336 e. The van der Waals surface area contributed by atoms with Crippen LogP contribution in [0.4, 0.5) is 5.82 Å². The van der Waals surface area contributed by atoms with E-state index < -0.39 is 5.97 Å². The van der Waals surface area contributed by atoms with Gasteiger partial charge >= 0.3 is 5.97 Å². The SMILES string of the molecule is CNC(=O)CN(C)c1ccc2c(C(=O)O)cccc2n1. The van der Waals surface area contributed by atoms with E-state index in [9.17, 15) is 9.59 Å².